The molecular weight excluding hydrogens is 259 g/mol. The third kappa shape index (κ3) is 1.04. The second-order valence-corrected chi connectivity index (χ2v) is 4.26. The molecule has 3 aromatic rings. The molecule has 0 atom stereocenters. The predicted octanol–water partition coefficient (Wildman–Crippen LogP) is 2.49. The van der Waals surface area contributed by atoms with Gasteiger partial charge in [-0.25, -0.2) is 0 Å². The number of aromatic nitrogens is 1. The van der Waals surface area contributed by atoms with Crippen molar-refractivity contribution < 1.29 is 18.3 Å². The van der Waals surface area contributed by atoms with Crippen LogP contribution in [0.15, 0.2) is 42.5 Å². The molecule has 0 saturated heterocycles. The van der Waals surface area contributed by atoms with Crippen molar-refractivity contribution in [2.45, 2.75) is 0 Å². The molecule has 14 heavy (non-hydrogen) atoms. The van der Waals surface area contributed by atoms with Gasteiger partial charge in [0, 0.05) is 0 Å². The van der Waals surface area contributed by atoms with Gasteiger partial charge in [0.1, 0.15) is 0 Å². The first-order valence-corrected chi connectivity index (χ1v) is 5.37. The fraction of sp³-hybridized carbons (Fsp3) is 0. The molecule has 0 aliphatic rings. The fourth-order valence-electron chi connectivity index (χ4n) is 1.83. The summed E-state index contributed by atoms with van der Waals surface area (Å²) in [5.41, 5.74) is 2.44. The topological polar surface area (TPSA) is 15.8 Å². The van der Waals surface area contributed by atoms with Crippen molar-refractivity contribution in [3.8, 4) is 0 Å². The van der Waals surface area contributed by atoms with Crippen molar-refractivity contribution in [2.24, 2.45) is 0 Å². The molecule has 0 fully saturated rings. The summed E-state index contributed by atoms with van der Waals surface area (Å²) >= 11 is 2.66. The summed E-state index contributed by atoms with van der Waals surface area (Å²) in [6.07, 6.45) is 0. The second kappa shape index (κ2) is 2.93. The molecule has 0 radical (unpaired) electrons. The van der Waals surface area contributed by atoms with Gasteiger partial charge in [0.2, 0.25) is 0 Å². The zero-order chi connectivity index (χ0) is 9.54. The molecular formula is C12H8NRu. The number of hydrogen-bond acceptors (Lipinski definition) is 0. The van der Waals surface area contributed by atoms with E-state index in [1.165, 1.54) is 26.0 Å². The van der Waals surface area contributed by atoms with Gasteiger partial charge >= 0.3 is 91.7 Å². The van der Waals surface area contributed by atoms with Gasteiger partial charge in [-0.05, 0) is 0 Å². The zero-order valence-corrected chi connectivity index (χ0v) is 9.13. The first-order valence-electron chi connectivity index (χ1n) is 4.50. The third-order valence-corrected chi connectivity index (χ3v) is 3.20. The summed E-state index contributed by atoms with van der Waals surface area (Å²) in [6, 6.07) is 14.8. The Balaban J connectivity index is 2.63. The third-order valence-electron chi connectivity index (χ3n) is 2.48. The van der Waals surface area contributed by atoms with Gasteiger partial charge in [-0.15, -0.1) is 0 Å². The zero-order valence-electron chi connectivity index (χ0n) is 7.40. The van der Waals surface area contributed by atoms with Crippen LogP contribution in [-0.4, -0.2) is 4.98 Å². The second-order valence-electron chi connectivity index (χ2n) is 3.32. The van der Waals surface area contributed by atoms with Gasteiger partial charge < -0.3 is 0 Å². The maximum atomic E-state index is 3.43. The molecule has 3 rings (SSSR count). The molecule has 0 saturated carbocycles. The monoisotopic (exact) mass is 268 g/mol. The summed E-state index contributed by atoms with van der Waals surface area (Å²) in [5, 5.41) is 2.60. The summed E-state index contributed by atoms with van der Waals surface area (Å²) in [7, 11) is 0. The molecule has 2 aromatic carbocycles. The Hall–Kier alpha value is -1.14. The minimum absolute atomic E-state index is 1.21. The number of para-hydroxylation sites is 2. The van der Waals surface area contributed by atoms with Crippen LogP contribution in [-0.2, 0) is 18.3 Å². The Labute approximate surface area is 91.8 Å². The number of nitrogens with one attached hydrogen (secondary N) is 1. The van der Waals surface area contributed by atoms with Crippen LogP contribution in [0.3, 0.4) is 0 Å². The number of benzene rings is 2. The number of fused-ring (bicyclic) bond motifs is 3. The van der Waals surface area contributed by atoms with Crippen LogP contribution in [0.2, 0.25) is 0 Å². The van der Waals surface area contributed by atoms with Crippen molar-refractivity contribution in [3.63, 3.8) is 0 Å². The Morgan fingerprint density at radius 2 is 1.64 bits per heavy atom. The van der Waals surface area contributed by atoms with E-state index in [1.807, 2.05) is 0 Å². The Morgan fingerprint density at radius 3 is 2.57 bits per heavy atom. The normalized spacial score (nSPS) is 11.2. The van der Waals surface area contributed by atoms with Gasteiger partial charge in [-0.1, -0.05) is 0 Å². The number of rotatable bonds is 0. The first-order chi connectivity index (χ1) is 6.86. The maximum absolute atomic E-state index is 3.43. The van der Waals surface area contributed by atoms with Gasteiger partial charge in [-0.3, -0.25) is 0 Å². The van der Waals surface area contributed by atoms with Gasteiger partial charge in [0.05, 0.1) is 0 Å². The van der Waals surface area contributed by atoms with Crippen LogP contribution in [0.25, 0.3) is 21.8 Å². The van der Waals surface area contributed by atoms with Crippen LogP contribution in [0.4, 0.5) is 0 Å². The van der Waals surface area contributed by atoms with E-state index in [0.29, 0.717) is 0 Å². The molecule has 0 unspecified atom stereocenters. The van der Waals surface area contributed by atoms with Crippen LogP contribution < -0.4 is 4.16 Å². The van der Waals surface area contributed by atoms with E-state index < -0.39 is 0 Å². The standard InChI is InChI=1S/C12H8N.Ru/c1-3-7-11-9(5-1)10-6-2-4-8-12(10)13-11;/h1-7,13H;. The Kier molecular flexibility index (Phi) is 1.71. The van der Waals surface area contributed by atoms with Crippen molar-refractivity contribution in [1.29, 1.82) is 0 Å². The average molecular weight is 267 g/mol. The molecule has 0 aliphatic carbocycles. The predicted molar refractivity (Wildman–Crippen MR) is 55.4 cm³/mol. The molecule has 1 nitrogen and oxygen atoms in total. The molecule has 2 heteroatoms. The minimum atomic E-state index is 1.21. The summed E-state index contributed by atoms with van der Waals surface area (Å²) in [5.74, 6) is 0. The number of H-pyrrole nitrogens is 1. The SMILES string of the molecule is [Ru][c]1cccc2c1[nH]c1ccccc12. The molecule has 1 N–H and O–H groups in total. The number of aromatic amines is 1. The van der Waals surface area contributed by atoms with E-state index >= 15 is 0 Å². The van der Waals surface area contributed by atoms with E-state index in [4.69, 9.17) is 0 Å². The van der Waals surface area contributed by atoms with E-state index in [1.54, 1.807) is 0 Å². The fourth-order valence-corrected chi connectivity index (χ4v) is 2.34. The van der Waals surface area contributed by atoms with Crippen molar-refractivity contribution in [1.82, 2.24) is 4.98 Å². The average Bonchev–Trinajstić information content (AvgIpc) is 2.59. The molecule has 0 bridgehead atoms. The molecule has 0 aliphatic heterocycles. The Morgan fingerprint density at radius 1 is 0.857 bits per heavy atom. The van der Waals surface area contributed by atoms with Crippen LogP contribution in [0.5, 0.6) is 0 Å². The van der Waals surface area contributed by atoms with E-state index in [2.05, 4.69) is 65.8 Å². The summed E-state index contributed by atoms with van der Waals surface area (Å²) < 4.78 is 1.23. The van der Waals surface area contributed by atoms with Gasteiger partial charge in [-0.2, -0.15) is 0 Å². The number of hydrogen-bond donors (Lipinski definition) is 1. The summed E-state index contributed by atoms with van der Waals surface area (Å²) in [6.45, 7) is 0. The van der Waals surface area contributed by atoms with Gasteiger partial charge in [0.25, 0.3) is 0 Å². The molecule has 0 amide bonds. The van der Waals surface area contributed by atoms with Crippen LogP contribution in [0, 0.1) is 0 Å². The van der Waals surface area contributed by atoms with Crippen molar-refractivity contribution >= 4 is 26.0 Å². The van der Waals surface area contributed by atoms with Crippen molar-refractivity contribution in [3.05, 3.63) is 42.5 Å². The van der Waals surface area contributed by atoms with E-state index in [-0.39, 0.29) is 0 Å². The quantitative estimate of drug-likeness (QED) is 0.602. The Bertz CT molecular complexity index is 610. The van der Waals surface area contributed by atoms with Crippen LogP contribution >= 0.6 is 0 Å². The van der Waals surface area contributed by atoms with E-state index in [9.17, 15) is 0 Å². The molecule has 0 spiro atoms. The molecule has 69 valence electrons. The molecule has 1 aromatic heterocycles. The van der Waals surface area contributed by atoms with Gasteiger partial charge in [0.15, 0.2) is 0 Å². The van der Waals surface area contributed by atoms with Crippen LogP contribution in [0.1, 0.15) is 0 Å². The molecule has 1 heterocycles. The summed E-state index contributed by atoms with van der Waals surface area (Å²) in [4.78, 5) is 3.43. The first kappa shape index (κ1) is 8.19. The van der Waals surface area contributed by atoms with Crippen molar-refractivity contribution in [2.75, 3.05) is 0 Å². The van der Waals surface area contributed by atoms with E-state index in [0.717, 1.165) is 0 Å².